The molecule has 2 heterocycles. The molecule has 4 rings (SSSR count). The van der Waals surface area contributed by atoms with E-state index in [4.69, 9.17) is 0 Å². The molecule has 0 radical (unpaired) electrons. The second-order valence-electron chi connectivity index (χ2n) is 6.99. The number of carbonyl (C=O) groups is 1. The first-order valence-electron chi connectivity index (χ1n) is 9.56. The van der Waals surface area contributed by atoms with Crippen LogP contribution in [0.3, 0.4) is 0 Å². The Morgan fingerprint density at radius 1 is 1.07 bits per heavy atom. The quantitative estimate of drug-likeness (QED) is 0.471. The van der Waals surface area contributed by atoms with Crippen LogP contribution >= 0.6 is 11.3 Å². The van der Waals surface area contributed by atoms with Crippen LogP contribution in [-0.2, 0) is 0 Å². The number of amides is 1. The average Bonchev–Trinajstić information content (AvgIpc) is 3.46. The average molecular weight is 407 g/mol. The first-order valence-corrected chi connectivity index (χ1v) is 10.4. The van der Waals surface area contributed by atoms with Crippen molar-refractivity contribution in [2.45, 2.75) is 18.9 Å². The molecule has 0 bridgehead atoms. The Morgan fingerprint density at radius 3 is 2.48 bits per heavy atom. The molecule has 1 aromatic heterocycles. The molecular formula is C22H21N3O3S. The van der Waals surface area contributed by atoms with Gasteiger partial charge in [-0.15, -0.1) is 11.3 Å². The van der Waals surface area contributed by atoms with Crippen molar-refractivity contribution in [1.82, 2.24) is 5.32 Å². The SMILES string of the molecule is O=C(NC(c1ccccc1)c1cccs1)c1ccc(N2CCCC2)c([N+](=O)[O-])c1. The van der Waals surface area contributed by atoms with Gasteiger partial charge in [-0.25, -0.2) is 0 Å². The Labute approximate surface area is 172 Å². The number of hydrogen-bond acceptors (Lipinski definition) is 5. The molecule has 1 atom stereocenters. The summed E-state index contributed by atoms with van der Waals surface area (Å²) in [7, 11) is 0. The topological polar surface area (TPSA) is 75.5 Å². The molecule has 1 amide bonds. The highest BCUT2D eigenvalue weighted by Gasteiger charge is 2.25. The third-order valence-electron chi connectivity index (χ3n) is 5.12. The fourth-order valence-corrected chi connectivity index (χ4v) is 4.47. The summed E-state index contributed by atoms with van der Waals surface area (Å²) in [5.74, 6) is -0.330. The molecule has 1 unspecified atom stereocenters. The van der Waals surface area contributed by atoms with Gasteiger partial charge in [0.15, 0.2) is 0 Å². The van der Waals surface area contributed by atoms with Crippen LogP contribution in [0.1, 0.15) is 39.7 Å². The van der Waals surface area contributed by atoms with Crippen LogP contribution in [0.25, 0.3) is 0 Å². The number of thiophene rings is 1. The van der Waals surface area contributed by atoms with Gasteiger partial charge in [0.1, 0.15) is 5.69 Å². The van der Waals surface area contributed by atoms with E-state index in [0.29, 0.717) is 5.69 Å². The van der Waals surface area contributed by atoms with Crippen molar-refractivity contribution in [1.29, 1.82) is 0 Å². The summed E-state index contributed by atoms with van der Waals surface area (Å²) in [4.78, 5) is 27.2. The number of nitrogens with zero attached hydrogens (tertiary/aromatic N) is 2. The Bertz CT molecular complexity index is 999. The molecule has 148 valence electrons. The van der Waals surface area contributed by atoms with Gasteiger partial charge in [-0.05, 0) is 42.0 Å². The molecule has 1 fully saturated rings. The third kappa shape index (κ3) is 4.14. The molecule has 1 aliphatic heterocycles. The minimum atomic E-state index is -0.404. The fraction of sp³-hybridized carbons (Fsp3) is 0.227. The molecular weight excluding hydrogens is 386 g/mol. The van der Waals surface area contributed by atoms with E-state index >= 15 is 0 Å². The lowest BCUT2D eigenvalue weighted by Crippen LogP contribution is -2.29. The first kappa shape index (κ1) is 19.1. The van der Waals surface area contributed by atoms with Gasteiger partial charge in [0.05, 0.1) is 11.0 Å². The third-order valence-corrected chi connectivity index (χ3v) is 6.05. The molecule has 3 aromatic rings. The molecule has 2 aromatic carbocycles. The van der Waals surface area contributed by atoms with Crippen molar-refractivity contribution >= 4 is 28.6 Å². The number of nitro benzene ring substituents is 1. The van der Waals surface area contributed by atoms with Gasteiger partial charge < -0.3 is 10.2 Å². The van der Waals surface area contributed by atoms with Crippen molar-refractivity contribution in [3.63, 3.8) is 0 Å². The van der Waals surface area contributed by atoms with Crippen LogP contribution in [0.15, 0.2) is 66.0 Å². The maximum Gasteiger partial charge on any atom is 0.293 e. The summed E-state index contributed by atoms with van der Waals surface area (Å²) in [5, 5.41) is 16.6. The van der Waals surface area contributed by atoms with Gasteiger partial charge in [0.2, 0.25) is 0 Å². The highest BCUT2D eigenvalue weighted by atomic mass is 32.1. The summed E-state index contributed by atoms with van der Waals surface area (Å²) in [6.07, 6.45) is 2.05. The molecule has 0 spiro atoms. The van der Waals surface area contributed by atoms with E-state index in [1.807, 2.05) is 52.7 Å². The number of rotatable bonds is 6. The zero-order valence-corrected chi connectivity index (χ0v) is 16.6. The maximum atomic E-state index is 13.0. The van der Waals surface area contributed by atoms with E-state index in [1.165, 1.54) is 6.07 Å². The molecule has 1 aliphatic rings. The number of anilines is 1. The van der Waals surface area contributed by atoms with Crippen molar-refractivity contribution in [2.24, 2.45) is 0 Å². The molecule has 0 saturated carbocycles. The number of carbonyl (C=O) groups excluding carboxylic acids is 1. The van der Waals surface area contributed by atoms with Gasteiger partial charge in [0.25, 0.3) is 11.6 Å². The number of nitro groups is 1. The monoisotopic (exact) mass is 407 g/mol. The van der Waals surface area contributed by atoms with Gasteiger partial charge in [-0.2, -0.15) is 0 Å². The Kier molecular flexibility index (Phi) is 5.57. The van der Waals surface area contributed by atoms with Gasteiger partial charge in [-0.1, -0.05) is 36.4 Å². The van der Waals surface area contributed by atoms with Crippen molar-refractivity contribution in [3.8, 4) is 0 Å². The van der Waals surface area contributed by atoms with Crippen LogP contribution in [-0.4, -0.2) is 23.9 Å². The standard InChI is InChI=1S/C22H21N3O3S/c26-22(23-21(20-9-6-14-29-20)16-7-2-1-3-8-16)17-10-11-18(19(15-17)25(27)28)24-12-4-5-13-24/h1-3,6-11,14-15,21H,4-5,12-13H2,(H,23,26). The maximum absolute atomic E-state index is 13.0. The van der Waals surface area contributed by atoms with Crippen molar-refractivity contribution < 1.29 is 9.72 Å². The zero-order chi connectivity index (χ0) is 20.2. The van der Waals surface area contributed by atoms with Crippen LogP contribution in [0.4, 0.5) is 11.4 Å². The van der Waals surface area contributed by atoms with Crippen LogP contribution in [0.2, 0.25) is 0 Å². The summed E-state index contributed by atoms with van der Waals surface area (Å²) >= 11 is 1.56. The van der Waals surface area contributed by atoms with E-state index in [-0.39, 0.29) is 23.2 Å². The number of hydrogen-bond donors (Lipinski definition) is 1. The van der Waals surface area contributed by atoms with E-state index in [2.05, 4.69) is 5.32 Å². The summed E-state index contributed by atoms with van der Waals surface area (Å²) in [6.45, 7) is 1.61. The summed E-state index contributed by atoms with van der Waals surface area (Å²) in [6, 6.07) is 18.1. The Morgan fingerprint density at radius 2 is 1.83 bits per heavy atom. The van der Waals surface area contributed by atoms with Crippen LogP contribution in [0, 0.1) is 10.1 Å². The van der Waals surface area contributed by atoms with Gasteiger partial charge in [0, 0.05) is 29.6 Å². The Hall–Kier alpha value is -3.19. The lowest BCUT2D eigenvalue weighted by Gasteiger charge is -2.20. The van der Waals surface area contributed by atoms with Crippen molar-refractivity contribution in [2.75, 3.05) is 18.0 Å². The molecule has 6 nitrogen and oxygen atoms in total. The predicted octanol–water partition coefficient (Wildman–Crippen LogP) is 4.78. The molecule has 0 aliphatic carbocycles. The van der Waals surface area contributed by atoms with E-state index in [0.717, 1.165) is 36.4 Å². The van der Waals surface area contributed by atoms with Gasteiger partial charge in [-0.3, -0.25) is 14.9 Å². The van der Waals surface area contributed by atoms with Crippen LogP contribution < -0.4 is 10.2 Å². The fourth-order valence-electron chi connectivity index (χ4n) is 3.67. The second-order valence-corrected chi connectivity index (χ2v) is 7.97. The number of benzene rings is 2. The largest absolute Gasteiger partial charge is 0.366 e. The minimum absolute atomic E-state index is 0.0214. The molecule has 1 N–H and O–H groups in total. The highest BCUT2D eigenvalue weighted by Crippen LogP contribution is 2.32. The minimum Gasteiger partial charge on any atom is -0.366 e. The molecule has 29 heavy (non-hydrogen) atoms. The highest BCUT2D eigenvalue weighted by molar-refractivity contribution is 7.10. The normalized spacial score (nSPS) is 14.6. The number of nitrogens with one attached hydrogen (secondary N) is 1. The van der Waals surface area contributed by atoms with E-state index < -0.39 is 4.92 Å². The van der Waals surface area contributed by atoms with E-state index in [9.17, 15) is 14.9 Å². The van der Waals surface area contributed by atoms with Gasteiger partial charge >= 0.3 is 0 Å². The first-order chi connectivity index (χ1) is 14.1. The summed E-state index contributed by atoms with van der Waals surface area (Å²) < 4.78 is 0. The van der Waals surface area contributed by atoms with E-state index in [1.54, 1.807) is 23.5 Å². The zero-order valence-electron chi connectivity index (χ0n) is 15.8. The molecule has 1 saturated heterocycles. The predicted molar refractivity (Wildman–Crippen MR) is 115 cm³/mol. The molecule has 7 heteroatoms. The van der Waals surface area contributed by atoms with Crippen molar-refractivity contribution in [3.05, 3.63) is 92.2 Å². The summed E-state index contributed by atoms with van der Waals surface area (Å²) in [5.41, 5.74) is 1.82. The van der Waals surface area contributed by atoms with Crippen LogP contribution in [0.5, 0.6) is 0 Å². The smallest absolute Gasteiger partial charge is 0.293 e. The lowest BCUT2D eigenvalue weighted by atomic mass is 10.0. The lowest BCUT2D eigenvalue weighted by molar-refractivity contribution is -0.384. The second kappa shape index (κ2) is 8.45. The Balaban J connectivity index is 1.63.